The van der Waals surface area contributed by atoms with Gasteiger partial charge in [0.1, 0.15) is 10.7 Å². The van der Waals surface area contributed by atoms with Gasteiger partial charge in [-0.25, -0.2) is 18.5 Å². The highest BCUT2D eigenvalue weighted by atomic mass is 35.5. The highest BCUT2D eigenvalue weighted by Crippen LogP contribution is 2.35. The molecule has 0 aliphatic carbocycles. The second kappa shape index (κ2) is 9.55. The Labute approximate surface area is 192 Å². The third kappa shape index (κ3) is 5.03. The topological polar surface area (TPSA) is 102 Å². The molecule has 0 amide bonds. The van der Waals surface area contributed by atoms with Crippen LogP contribution >= 0.6 is 11.6 Å². The molecule has 3 aromatic rings. The van der Waals surface area contributed by atoms with Crippen molar-refractivity contribution in [2.24, 2.45) is 7.05 Å². The predicted octanol–water partition coefficient (Wildman–Crippen LogP) is 3.09. The lowest BCUT2D eigenvalue weighted by molar-refractivity contribution is -0.144. The van der Waals surface area contributed by atoms with Crippen molar-refractivity contribution in [1.82, 2.24) is 14.1 Å². The zero-order valence-corrected chi connectivity index (χ0v) is 18.1. The van der Waals surface area contributed by atoms with E-state index >= 15 is 0 Å². The monoisotopic (exact) mass is 503 g/mol. The van der Waals surface area contributed by atoms with E-state index in [0.29, 0.717) is 6.07 Å². The molecule has 34 heavy (non-hydrogen) atoms. The summed E-state index contributed by atoms with van der Waals surface area (Å²) in [6, 6.07) is 6.68. The van der Waals surface area contributed by atoms with Gasteiger partial charge in [0.2, 0.25) is 5.88 Å². The van der Waals surface area contributed by atoms with Crippen LogP contribution in [0.15, 0.2) is 46.0 Å². The summed E-state index contributed by atoms with van der Waals surface area (Å²) in [7, 11) is 1.92. The number of halogens is 5. The van der Waals surface area contributed by atoms with Crippen molar-refractivity contribution in [2.45, 2.75) is 6.18 Å². The van der Waals surface area contributed by atoms with Gasteiger partial charge in [-0.15, -0.1) is 0 Å². The number of hydrogen-bond acceptors (Lipinski definition) is 7. The summed E-state index contributed by atoms with van der Waals surface area (Å²) < 4.78 is 69.3. The Morgan fingerprint density at radius 3 is 2.41 bits per heavy atom. The van der Waals surface area contributed by atoms with Gasteiger partial charge in [0.25, 0.3) is 5.56 Å². The molecule has 3 rings (SSSR count). The average molecular weight is 504 g/mol. The van der Waals surface area contributed by atoms with Crippen LogP contribution in [0.5, 0.6) is 17.4 Å². The van der Waals surface area contributed by atoms with E-state index in [-0.39, 0.29) is 31.7 Å². The Kier molecular flexibility index (Phi) is 6.96. The van der Waals surface area contributed by atoms with E-state index in [1.165, 1.54) is 18.2 Å². The maximum Gasteiger partial charge on any atom is 0.431 e. The number of pyridine rings is 1. The Morgan fingerprint density at radius 2 is 1.79 bits per heavy atom. The molecule has 0 N–H and O–H groups in total. The molecule has 9 nitrogen and oxygen atoms in total. The fraction of sp³-hybridized carbons (Fsp3) is 0.200. The van der Waals surface area contributed by atoms with Crippen LogP contribution in [0, 0.1) is 5.82 Å². The number of carbonyl (C=O) groups is 1. The number of alkyl halides is 3. The number of carbonyl (C=O) groups excluding carboxylic acids is 1. The number of ether oxygens (including phenoxy) is 3. The Hall–Kier alpha value is -3.87. The molecule has 14 heteroatoms. The van der Waals surface area contributed by atoms with E-state index in [4.69, 9.17) is 21.1 Å². The number of aromatic nitrogens is 3. The molecule has 0 aliphatic rings. The summed E-state index contributed by atoms with van der Waals surface area (Å²) in [5, 5.41) is -0.388. The Bertz CT molecular complexity index is 1370. The molecule has 180 valence electrons. The van der Waals surface area contributed by atoms with Crippen LogP contribution in [-0.4, -0.2) is 33.8 Å². The van der Waals surface area contributed by atoms with E-state index in [1.54, 1.807) is 6.07 Å². The molecule has 0 saturated heterocycles. The van der Waals surface area contributed by atoms with Gasteiger partial charge in [-0.2, -0.15) is 18.2 Å². The van der Waals surface area contributed by atoms with E-state index in [0.717, 1.165) is 14.2 Å². The zero-order valence-electron chi connectivity index (χ0n) is 17.4. The van der Waals surface area contributed by atoms with Crippen molar-refractivity contribution in [1.29, 1.82) is 0 Å². The number of benzene rings is 1. The summed E-state index contributed by atoms with van der Waals surface area (Å²) in [4.78, 5) is 39.8. The fourth-order valence-electron chi connectivity index (χ4n) is 2.72. The van der Waals surface area contributed by atoms with Gasteiger partial charge in [0.05, 0.1) is 7.11 Å². The quantitative estimate of drug-likeness (QED) is 0.376. The van der Waals surface area contributed by atoms with Crippen LogP contribution in [0.4, 0.5) is 17.6 Å². The molecule has 2 heterocycles. The van der Waals surface area contributed by atoms with Gasteiger partial charge >= 0.3 is 17.8 Å². The molecule has 0 atom stereocenters. The minimum absolute atomic E-state index is 0.0361. The minimum Gasteiger partial charge on any atom is -0.478 e. The zero-order chi connectivity index (χ0) is 25.2. The molecule has 1 aromatic carbocycles. The average Bonchev–Trinajstić information content (AvgIpc) is 2.77. The maximum atomic E-state index is 14.6. The van der Waals surface area contributed by atoms with Gasteiger partial charge in [-0.1, -0.05) is 23.7 Å². The van der Waals surface area contributed by atoms with Crippen molar-refractivity contribution < 1.29 is 36.6 Å². The summed E-state index contributed by atoms with van der Waals surface area (Å²) in [6.07, 6.45) is -5.00. The Morgan fingerprint density at radius 1 is 1.15 bits per heavy atom. The summed E-state index contributed by atoms with van der Waals surface area (Å²) in [5.74, 6) is -3.39. The number of esters is 1. The molecule has 2 aromatic heterocycles. The lowest BCUT2D eigenvalue weighted by atomic mass is 10.3. The second-order valence-corrected chi connectivity index (χ2v) is 6.94. The van der Waals surface area contributed by atoms with Crippen molar-refractivity contribution in [3.63, 3.8) is 0 Å². The first-order valence-electron chi connectivity index (χ1n) is 9.17. The van der Waals surface area contributed by atoms with Gasteiger partial charge in [0, 0.05) is 19.2 Å². The number of hydrogen-bond donors (Lipinski definition) is 0. The van der Waals surface area contributed by atoms with Crippen LogP contribution in [0.3, 0.4) is 0 Å². The lowest BCUT2D eigenvalue weighted by Gasteiger charge is -2.15. The standard InChI is InChI=1S/C20H14ClF4N3O6/c1-27-14(20(23,24)25)8-15(29)28(19(27)31)17-11(22)7-10(21)18(26-17)34-13-6-4-3-5-12(13)33-9-16(30)32-2/h3-8H,9H2,1-2H3. The fourth-order valence-corrected chi connectivity index (χ4v) is 2.89. The Balaban J connectivity index is 2.08. The van der Waals surface area contributed by atoms with Gasteiger partial charge < -0.3 is 14.2 Å². The molecule has 0 aliphatic heterocycles. The molecule has 0 fully saturated rings. The molecule has 0 radical (unpaired) electrons. The van der Waals surface area contributed by atoms with E-state index in [2.05, 4.69) is 9.72 Å². The largest absolute Gasteiger partial charge is 0.478 e. The third-order valence-corrected chi connectivity index (χ3v) is 4.60. The van der Waals surface area contributed by atoms with Crippen LogP contribution < -0.4 is 20.7 Å². The van der Waals surface area contributed by atoms with Crippen molar-refractivity contribution in [3.8, 4) is 23.2 Å². The molecular weight excluding hydrogens is 490 g/mol. The van der Waals surface area contributed by atoms with E-state index in [1.807, 2.05) is 0 Å². The van der Waals surface area contributed by atoms with Crippen molar-refractivity contribution in [3.05, 3.63) is 73.8 Å². The molecule has 0 unspecified atom stereocenters. The van der Waals surface area contributed by atoms with Crippen LogP contribution in [-0.2, 0) is 22.8 Å². The number of methoxy groups -OCH3 is 1. The van der Waals surface area contributed by atoms with Gasteiger partial charge in [-0.05, 0) is 12.1 Å². The third-order valence-electron chi connectivity index (χ3n) is 4.33. The lowest BCUT2D eigenvalue weighted by Crippen LogP contribution is -2.41. The first kappa shape index (κ1) is 24.8. The van der Waals surface area contributed by atoms with Crippen LogP contribution in [0.2, 0.25) is 5.02 Å². The van der Waals surface area contributed by atoms with Gasteiger partial charge in [0.15, 0.2) is 29.7 Å². The van der Waals surface area contributed by atoms with Crippen molar-refractivity contribution >= 4 is 17.6 Å². The van der Waals surface area contributed by atoms with Crippen LogP contribution in [0.25, 0.3) is 5.82 Å². The summed E-state index contributed by atoms with van der Waals surface area (Å²) in [6.45, 7) is -0.469. The number of para-hydroxylation sites is 2. The van der Waals surface area contributed by atoms with E-state index < -0.39 is 53.2 Å². The van der Waals surface area contributed by atoms with Crippen LogP contribution in [0.1, 0.15) is 5.69 Å². The summed E-state index contributed by atoms with van der Waals surface area (Å²) >= 11 is 5.98. The first-order valence-corrected chi connectivity index (χ1v) is 9.55. The minimum atomic E-state index is -5.00. The van der Waals surface area contributed by atoms with Gasteiger partial charge in [-0.3, -0.25) is 9.36 Å². The van der Waals surface area contributed by atoms with E-state index in [9.17, 15) is 31.9 Å². The maximum absolute atomic E-state index is 14.6. The highest BCUT2D eigenvalue weighted by molar-refractivity contribution is 6.31. The number of nitrogens with zero attached hydrogens (tertiary/aromatic N) is 3. The molecule has 0 spiro atoms. The SMILES string of the molecule is COC(=O)COc1ccccc1Oc1nc(-n2c(=O)cc(C(F)(F)F)n(C)c2=O)c(F)cc1Cl. The molecule has 0 bridgehead atoms. The first-order chi connectivity index (χ1) is 15.9. The molecular formula is C20H14ClF4N3O6. The smallest absolute Gasteiger partial charge is 0.431 e. The summed E-state index contributed by atoms with van der Waals surface area (Å²) in [5.41, 5.74) is -4.50. The predicted molar refractivity (Wildman–Crippen MR) is 109 cm³/mol. The molecule has 0 saturated carbocycles. The second-order valence-electron chi connectivity index (χ2n) is 6.54. The van der Waals surface area contributed by atoms with Crippen molar-refractivity contribution in [2.75, 3.05) is 13.7 Å². The highest BCUT2D eigenvalue weighted by Gasteiger charge is 2.35. The normalized spacial score (nSPS) is 11.3. The number of rotatable bonds is 6.